The van der Waals surface area contributed by atoms with Gasteiger partial charge in [0.1, 0.15) is 0 Å². The van der Waals surface area contributed by atoms with E-state index in [0.717, 1.165) is 9.79 Å². The van der Waals surface area contributed by atoms with Gasteiger partial charge in [0, 0.05) is 22.2 Å². The molecule has 0 fully saturated rings. The molecule has 1 N–H and O–H groups in total. The molecule has 0 spiro atoms. The number of aromatic amines is 1. The molecule has 2 aromatic rings. The molecule has 0 saturated carbocycles. The largest absolute Gasteiger partial charge is 0.344 e. The molecule has 0 aliphatic carbocycles. The number of hydrogen-bond donors (Lipinski definition) is 1. The second-order valence-corrected chi connectivity index (χ2v) is 4.32. The Hall–Kier alpha value is -1.55. The van der Waals surface area contributed by atoms with E-state index in [1.165, 1.54) is 5.56 Å². The maximum atomic E-state index is 10.8. The van der Waals surface area contributed by atoms with Crippen LogP contribution in [0.3, 0.4) is 0 Å². The Kier molecular flexibility index (Phi) is 2.87. The highest BCUT2D eigenvalue weighted by Crippen LogP contribution is 2.26. The molecule has 0 radical (unpaired) electrons. The molecule has 0 bridgehead atoms. The van der Waals surface area contributed by atoms with Gasteiger partial charge in [0.05, 0.1) is 0 Å². The Bertz CT molecular complexity index is 501. The summed E-state index contributed by atoms with van der Waals surface area (Å²) in [6.07, 6.45) is 3.24. The first kappa shape index (κ1) is 9.98. The van der Waals surface area contributed by atoms with Crippen molar-refractivity contribution >= 4 is 11.8 Å². The summed E-state index contributed by atoms with van der Waals surface area (Å²) in [5, 5.41) is 0. The molecule has 0 aliphatic rings. The minimum absolute atomic E-state index is 0.316. The van der Waals surface area contributed by atoms with Crippen LogP contribution in [0.1, 0.15) is 5.56 Å². The highest BCUT2D eigenvalue weighted by Gasteiger charge is 1.97. The standard InChI is InChI=1S/C11H10N2OS/c1-8-3-2-4-9(5-8)15-10-6-12-11(14)13-7-10/h2-7H,1H3,(H,12,13,14). The van der Waals surface area contributed by atoms with Gasteiger partial charge in [-0.2, -0.15) is 0 Å². The smallest absolute Gasteiger partial charge is 0.312 e. The normalized spacial score (nSPS) is 10.2. The highest BCUT2D eigenvalue weighted by molar-refractivity contribution is 7.99. The second-order valence-electron chi connectivity index (χ2n) is 3.17. The highest BCUT2D eigenvalue weighted by atomic mass is 32.2. The number of aromatic nitrogens is 2. The zero-order chi connectivity index (χ0) is 10.7. The Morgan fingerprint density at radius 2 is 2.20 bits per heavy atom. The molecule has 76 valence electrons. The Morgan fingerprint density at radius 3 is 2.87 bits per heavy atom. The molecule has 0 saturated heterocycles. The SMILES string of the molecule is Cc1cccc(Sc2cnc(=O)[nH]c2)c1. The third kappa shape index (κ3) is 2.70. The quantitative estimate of drug-likeness (QED) is 0.840. The van der Waals surface area contributed by atoms with Gasteiger partial charge in [-0.15, -0.1) is 0 Å². The van der Waals surface area contributed by atoms with Crippen LogP contribution in [0.2, 0.25) is 0 Å². The maximum Gasteiger partial charge on any atom is 0.344 e. The fourth-order valence-electron chi connectivity index (χ4n) is 1.20. The van der Waals surface area contributed by atoms with E-state index in [2.05, 4.69) is 29.0 Å². The molecule has 4 heteroatoms. The van der Waals surface area contributed by atoms with E-state index in [1.807, 2.05) is 12.1 Å². The number of benzene rings is 1. The lowest BCUT2D eigenvalue weighted by molar-refractivity contribution is 1.02. The number of H-pyrrole nitrogens is 1. The van der Waals surface area contributed by atoms with Crippen molar-refractivity contribution < 1.29 is 0 Å². The summed E-state index contributed by atoms with van der Waals surface area (Å²) >= 11 is 1.58. The van der Waals surface area contributed by atoms with Gasteiger partial charge in [-0.3, -0.25) is 0 Å². The second kappa shape index (κ2) is 4.31. The lowest BCUT2D eigenvalue weighted by Gasteiger charge is -2.01. The van der Waals surface area contributed by atoms with Crippen LogP contribution in [0.5, 0.6) is 0 Å². The third-order valence-electron chi connectivity index (χ3n) is 1.87. The molecular formula is C11H10N2OS. The lowest BCUT2D eigenvalue weighted by atomic mass is 10.2. The average Bonchev–Trinajstić information content (AvgIpc) is 2.22. The summed E-state index contributed by atoms with van der Waals surface area (Å²) in [7, 11) is 0. The summed E-state index contributed by atoms with van der Waals surface area (Å²) < 4.78 is 0. The maximum absolute atomic E-state index is 10.8. The van der Waals surface area contributed by atoms with Crippen molar-refractivity contribution in [3.05, 3.63) is 52.7 Å². The zero-order valence-electron chi connectivity index (χ0n) is 8.23. The molecule has 0 amide bonds. The van der Waals surface area contributed by atoms with E-state index in [9.17, 15) is 4.79 Å². The molecule has 0 atom stereocenters. The Labute approximate surface area is 91.6 Å². The number of nitrogens with one attached hydrogen (secondary N) is 1. The third-order valence-corrected chi connectivity index (χ3v) is 2.82. The van der Waals surface area contributed by atoms with Crippen LogP contribution in [0.4, 0.5) is 0 Å². The molecule has 1 aromatic carbocycles. The number of aryl methyl sites for hydroxylation is 1. The summed E-state index contributed by atoms with van der Waals surface area (Å²) in [4.78, 5) is 19.0. The van der Waals surface area contributed by atoms with Gasteiger partial charge in [0.2, 0.25) is 0 Å². The fraction of sp³-hybridized carbons (Fsp3) is 0.0909. The van der Waals surface area contributed by atoms with E-state index in [1.54, 1.807) is 24.2 Å². The predicted octanol–water partition coefficient (Wildman–Crippen LogP) is 2.23. The molecule has 2 rings (SSSR count). The van der Waals surface area contributed by atoms with E-state index >= 15 is 0 Å². The van der Waals surface area contributed by atoms with E-state index < -0.39 is 0 Å². The molecular weight excluding hydrogens is 208 g/mol. The molecule has 0 aliphatic heterocycles. The predicted molar refractivity (Wildman–Crippen MR) is 60.2 cm³/mol. The van der Waals surface area contributed by atoms with Crippen molar-refractivity contribution in [2.75, 3.05) is 0 Å². The van der Waals surface area contributed by atoms with Crippen LogP contribution in [0.25, 0.3) is 0 Å². The van der Waals surface area contributed by atoms with Crippen LogP contribution >= 0.6 is 11.8 Å². The summed E-state index contributed by atoms with van der Waals surface area (Å²) in [6, 6.07) is 8.19. The van der Waals surface area contributed by atoms with E-state index in [0.29, 0.717) is 0 Å². The molecule has 15 heavy (non-hydrogen) atoms. The van der Waals surface area contributed by atoms with Crippen LogP contribution in [0.15, 0.2) is 51.2 Å². The zero-order valence-corrected chi connectivity index (χ0v) is 9.04. The Balaban J connectivity index is 2.22. The van der Waals surface area contributed by atoms with Crippen molar-refractivity contribution in [1.82, 2.24) is 9.97 Å². The van der Waals surface area contributed by atoms with Crippen molar-refractivity contribution in [1.29, 1.82) is 0 Å². The molecule has 0 unspecified atom stereocenters. The first-order chi connectivity index (χ1) is 7.24. The van der Waals surface area contributed by atoms with Gasteiger partial charge in [-0.25, -0.2) is 9.78 Å². The van der Waals surface area contributed by atoms with Crippen molar-refractivity contribution in [2.24, 2.45) is 0 Å². The van der Waals surface area contributed by atoms with E-state index in [4.69, 9.17) is 0 Å². The lowest BCUT2D eigenvalue weighted by Crippen LogP contribution is -2.07. The summed E-state index contributed by atoms with van der Waals surface area (Å²) in [5.74, 6) is 0. The number of hydrogen-bond acceptors (Lipinski definition) is 3. The van der Waals surface area contributed by atoms with Gasteiger partial charge >= 0.3 is 5.69 Å². The summed E-state index contributed by atoms with van der Waals surface area (Å²) in [5.41, 5.74) is 0.904. The van der Waals surface area contributed by atoms with Gasteiger partial charge in [-0.1, -0.05) is 29.5 Å². The Morgan fingerprint density at radius 1 is 1.33 bits per heavy atom. The molecule has 1 aromatic heterocycles. The van der Waals surface area contributed by atoms with Crippen molar-refractivity contribution in [3.8, 4) is 0 Å². The van der Waals surface area contributed by atoms with Crippen LogP contribution < -0.4 is 5.69 Å². The van der Waals surface area contributed by atoms with Crippen LogP contribution in [-0.4, -0.2) is 9.97 Å². The summed E-state index contributed by atoms with van der Waals surface area (Å²) in [6.45, 7) is 2.05. The molecule has 1 heterocycles. The first-order valence-corrected chi connectivity index (χ1v) is 5.35. The van der Waals surface area contributed by atoms with Gasteiger partial charge in [-0.05, 0) is 19.1 Å². The average molecular weight is 218 g/mol. The van der Waals surface area contributed by atoms with Gasteiger partial charge < -0.3 is 4.98 Å². The minimum atomic E-state index is -0.316. The van der Waals surface area contributed by atoms with Gasteiger partial charge in [0.25, 0.3) is 0 Å². The van der Waals surface area contributed by atoms with E-state index in [-0.39, 0.29) is 5.69 Å². The number of nitrogens with zero attached hydrogens (tertiary/aromatic N) is 1. The number of rotatable bonds is 2. The van der Waals surface area contributed by atoms with Gasteiger partial charge in [0.15, 0.2) is 0 Å². The fourth-order valence-corrected chi connectivity index (χ4v) is 2.09. The first-order valence-electron chi connectivity index (χ1n) is 4.53. The van der Waals surface area contributed by atoms with Crippen LogP contribution in [0, 0.1) is 6.92 Å². The minimum Gasteiger partial charge on any atom is -0.312 e. The van der Waals surface area contributed by atoms with Crippen LogP contribution in [-0.2, 0) is 0 Å². The molecule has 3 nitrogen and oxygen atoms in total. The van der Waals surface area contributed by atoms with Crippen molar-refractivity contribution in [3.63, 3.8) is 0 Å². The monoisotopic (exact) mass is 218 g/mol. The topological polar surface area (TPSA) is 45.8 Å². The van der Waals surface area contributed by atoms with Crippen molar-refractivity contribution in [2.45, 2.75) is 16.7 Å².